The number of anilines is 1. The molecule has 2 N–H and O–H groups in total. The zero-order chi connectivity index (χ0) is 21.7. The van der Waals surface area contributed by atoms with E-state index < -0.39 is 29.4 Å². The second kappa shape index (κ2) is 9.84. The molecule has 2 aliphatic rings. The van der Waals surface area contributed by atoms with Gasteiger partial charge in [0, 0.05) is 32.1 Å². The van der Waals surface area contributed by atoms with Gasteiger partial charge in [-0.25, -0.2) is 13.6 Å². The Morgan fingerprint density at radius 2 is 1.63 bits per heavy atom. The van der Waals surface area contributed by atoms with E-state index in [-0.39, 0.29) is 17.7 Å². The summed E-state index contributed by atoms with van der Waals surface area (Å²) in [5, 5.41) is 4.50. The number of urea groups is 1. The van der Waals surface area contributed by atoms with Gasteiger partial charge in [-0.3, -0.25) is 9.59 Å². The normalized spacial score (nSPS) is 18.6. The first kappa shape index (κ1) is 21.9. The molecular weight excluding hydrogens is 398 g/mol. The van der Waals surface area contributed by atoms with Crippen molar-refractivity contribution in [1.82, 2.24) is 15.1 Å². The van der Waals surface area contributed by atoms with Gasteiger partial charge in [0.1, 0.15) is 23.4 Å². The molecule has 10 heteroatoms. The standard InChI is InChI=1S/C20H26F2N4O4/c1-13(23-20(29)24-17-15(21)3-2-4-16(17)22)18(27)25-7-5-14(6-8-25)19(28)26-9-11-30-12-10-26/h2-4,13-14H,5-12H2,1H3,(H2,23,24,29)/t13-/m1/s1. The highest BCUT2D eigenvalue weighted by Crippen LogP contribution is 2.21. The molecule has 0 saturated carbocycles. The van der Waals surface area contributed by atoms with E-state index in [4.69, 9.17) is 4.74 Å². The zero-order valence-corrected chi connectivity index (χ0v) is 16.8. The average molecular weight is 424 g/mol. The van der Waals surface area contributed by atoms with Crippen LogP contribution in [0.5, 0.6) is 0 Å². The first-order chi connectivity index (χ1) is 14.4. The average Bonchev–Trinajstić information content (AvgIpc) is 2.76. The van der Waals surface area contributed by atoms with Gasteiger partial charge < -0.3 is 25.2 Å². The van der Waals surface area contributed by atoms with Gasteiger partial charge in [-0.1, -0.05) is 6.07 Å². The minimum Gasteiger partial charge on any atom is -0.378 e. The van der Waals surface area contributed by atoms with Crippen LogP contribution in [0.3, 0.4) is 0 Å². The molecule has 2 fully saturated rings. The summed E-state index contributed by atoms with van der Waals surface area (Å²) in [5.41, 5.74) is -0.572. The molecular formula is C20H26F2N4O4. The molecule has 1 atom stereocenters. The predicted molar refractivity (Wildman–Crippen MR) is 105 cm³/mol. The molecule has 1 aromatic rings. The Morgan fingerprint density at radius 1 is 1.03 bits per heavy atom. The molecule has 2 aliphatic heterocycles. The number of carbonyl (C=O) groups is 3. The molecule has 4 amide bonds. The topological polar surface area (TPSA) is 91.0 Å². The van der Waals surface area contributed by atoms with E-state index in [0.717, 1.165) is 12.1 Å². The Hall–Kier alpha value is -2.75. The fourth-order valence-corrected chi connectivity index (χ4v) is 3.69. The Kier molecular flexibility index (Phi) is 7.20. The van der Waals surface area contributed by atoms with Crippen LogP contribution in [0.2, 0.25) is 0 Å². The lowest BCUT2D eigenvalue weighted by Crippen LogP contribution is -2.52. The van der Waals surface area contributed by atoms with Crippen LogP contribution in [0.4, 0.5) is 19.3 Å². The van der Waals surface area contributed by atoms with E-state index in [1.165, 1.54) is 13.0 Å². The third-order valence-corrected chi connectivity index (χ3v) is 5.40. The zero-order valence-electron chi connectivity index (χ0n) is 16.8. The largest absolute Gasteiger partial charge is 0.378 e. The number of halogens is 2. The number of piperidine rings is 1. The SMILES string of the molecule is C[C@@H](NC(=O)Nc1c(F)cccc1F)C(=O)N1CCC(C(=O)N2CCOCC2)CC1. The highest BCUT2D eigenvalue weighted by molar-refractivity contribution is 5.93. The number of para-hydroxylation sites is 1. The van der Waals surface area contributed by atoms with Gasteiger partial charge in [-0.2, -0.15) is 0 Å². The summed E-state index contributed by atoms with van der Waals surface area (Å²) < 4.78 is 32.5. The van der Waals surface area contributed by atoms with Crippen molar-refractivity contribution in [1.29, 1.82) is 0 Å². The van der Waals surface area contributed by atoms with E-state index in [1.54, 1.807) is 4.90 Å². The molecule has 0 aromatic heterocycles. The van der Waals surface area contributed by atoms with Gasteiger partial charge in [-0.15, -0.1) is 0 Å². The van der Waals surface area contributed by atoms with Crippen molar-refractivity contribution in [2.45, 2.75) is 25.8 Å². The Labute approximate surface area is 173 Å². The lowest BCUT2D eigenvalue weighted by Gasteiger charge is -2.36. The van der Waals surface area contributed by atoms with Gasteiger partial charge >= 0.3 is 6.03 Å². The maximum absolute atomic E-state index is 13.6. The van der Waals surface area contributed by atoms with Crippen LogP contribution < -0.4 is 10.6 Å². The minimum absolute atomic E-state index is 0.0999. The number of morpholine rings is 1. The summed E-state index contributed by atoms with van der Waals surface area (Å²) in [5.74, 6) is -2.14. The number of nitrogens with one attached hydrogen (secondary N) is 2. The first-order valence-electron chi connectivity index (χ1n) is 10.0. The van der Waals surface area contributed by atoms with Crippen LogP contribution in [0.15, 0.2) is 18.2 Å². The minimum atomic E-state index is -0.906. The molecule has 2 saturated heterocycles. The van der Waals surface area contributed by atoms with Crippen LogP contribution in [0.1, 0.15) is 19.8 Å². The number of amides is 4. The fraction of sp³-hybridized carbons (Fsp3) is 0.550. The number of hydrogen-bond acceptors (Lipinski definition) is 4. The number of rotatable bonds is 4. The summed E-state index contributed by atoms with van der Waals surface area (Å²) in [6.45, 7) is 4.61. The summed E-state index contributed by atoms with van der Waals surface area (Å²) in [6, 6.07) is 1.47. The summed E-state index contributed by atoms with van der Waals surface area (Å²) in [4.78, 5) is 40.6. The molecule has 30 heavy (non-hydrogen) atoms. The monoisotopic (exact) mass is 424 g/mol. The van der Waals surface area contributed by atoms with Crippen LogP contribution in [-0.4, -0.2) is 73.1 Å². The van der Waals surface area contributed by atoms with E-state index >= 15 is 0 Å². The second-order valence-electron chi connectivity index (χ2n) is 7.45. The molecule has 3 rings (SSSR count). The van der Waals surface area contributed by atoms with Crippen LogP contribution in [-0.2, 0) is 14.3 Å². The lowest BCUT2D eigenvalue weighted by atomic mass is 9.94. The molecule has 2 heterocycles. The highest BCUT2D eigenvalue weighted by atomic mass is 19.1. The van der Waals surface area contributed by atoms with Crippen molar-refractivity contribution in [3.8, 4) is 0 Å². The predicted octanol–water partition coefficient (Wildman–Crippen LogP) is 1.57. The smallest absolute Gasteiger partial charge is 0.320 e. The Bertz CT molecular complexity index is 773. The maximum atomic E-state index is 13.6. The van der Waals surface area contributed by atoms with Crippen molar-refractivity contribution in [3.05, 3.63) is 29.8 Å². The third kappa shape index (κ3) is 5.24. The van der Waals surface area contributed by atoms with Gasteiger partial charge in [-0.05, 0) is 31.9 Å². The molecule has 0 aliphatic carbocycles. The second-order valence-corrected chi connectivity index (χ2v) is 7.45. The van der Waals surface area contributed by atoms with Crippen molar-refractivity contribution in [3.63, 3.8) is 0 Å². The Balaban J connectivity index is 1.47. The first-order valence-corrected chi connectivity index (χ1v) is 10.0. The number of nitrogens with zero attached hydrogens (tertiary/aromatic N) is 2. The molecule has 8 nitrogen and oxygen atoms in total. The lowest BCUT2D eigenvalue weighted by molar-refractivity contribution is -0.144. The van der Waals surface area contributed by atoms with Crippen molar-refractivity contribution < 1.29 is 27.9 Å². The Morgan fingerprint density at radius 3 is 2.23 bits per heavy atom. The molecule has 1 aromatic carbocycles. The highest BCUT2D eigenvalue weighted by Gasteiger charge is 2.32. The molecule has 0 radical (unpaired) electrons. The number of likely N-dealkylation sites (tertiary alicyclic amines) is 1. The maximum Gasteiger partial charge on any atom is 0.320 e. The van der Waals surface area contributed by atoms with Gasteiger partial charge in [0.05, 0.1) is 13.2 Å². The van der Waals surface area contributed by atoms with Crippen molar-refractivity contribution >= 4 is 23.5 Å². The number of carbonyl (C=O) groups excluding carboxylic acids is 3. The molecule has 0 spiro atoms. The van der Waals surface area contributed by atoms with Crippen LogP contribution in [0.25, 0.3) is 0 Å². The number of benzene rings is 1. The molecule has 0 unspecified atom stereocenters. The van der Waals surface area contributed by atoms with Gasteiger partial charge in [0.2, 0.25) is 11.8 Å². The van der Waals surface area contributed by atoms with E-state index in [0.29, 0.717) is 52.2 Å². The quantitative estimate of drug-likeness (QED) is 0.768. The number of ether oxygens (including phenoxy) is 1. The molecule has 0 bridgehead atoms. The van der Waals surface area contributed by atoms with Gasteiger partial charge in [0.15, 0.2) is 0 Å². The summed E-state index contributed by atoms with van der Waals surface area (Å²) >= 11 is 0. The van der Waals surface area contributed by atoms with Crippen LogP contribution in [0, 0.1) is 17.6 Å². The van der Waals surface area contributed by atoms with E-state index in [9.17, 15) is 23.2 Å². The van der Waals surface area contributed by atoms with Crippen molar-refractivity contribution in [2.24, 2.45) is 5.92 Å². The summed E-state index contributed by atoms with van der Waals surface area (Å²) in [6.07, 6.45) is 1.11. The van der Waals surface area contributed by atoms with E-state index in [2.05, 4.69) is 10.6 Å². The number of hydrogen-bond donors (Lipinski definition) is 2. The van der Waals surface area contributed by atoms with Crippen molar-refractivity contribution in [2.75, 3.05) is 44.7 Å². The summed E-state index contributed by atoms with van der Waals surface area (Å²) in [7, 11) is 0. The molecule has 164 valence electrons. The third-order valence-electron chi connectivity index (χ3n) is 5.40. The van der Waals surface area contributed by atoms with E-state index in [1.807, 2.05) is 4.90 Å². The van der Waals surface area contributed by atoms with Crippen LogP contribution >= 0.6 is 0 Å². The fourth-order valence-electron chi connectivity index (χ4n) is 3.69. The van der Waals surface area contributed by atoms with Gasteiger partial charge in [0.25, 0.3) is 0 Å².